The van der Waals surface area contributed by atoms with Gasteiger partial charge in [0.2, 0.25) is 6.79 Å². The molecule has 2 heterocycles. The van der Waals surface area contributed by atoms with E-state index in [1.807, 2.05) is 55.5 Å². The first-order chi connectivity index (χ1) is 11.6. The maximum Gasteiger partial charge on any atom is 0.270 e. The van der Waals surface area contributed by atoms with Crippen LogP contribution >= 0.6 is 24.0 Å². The molecule has 1 fully saturated rings. The number of ether oxygens (including phenoxy) is 2. The first kappa shape index (κ1) is 15.2. The predicted molar refractivity (Wildman–Crippen MR) is 99.4 cm³/mol. The lowest BCUT2D eigenvalue weighted by Gasteiger charge is -2.16. The van der Waals surface area contributed by atoms with Gasteiger partial charge in [0, 0.05) is 0 Å². The second kappa shape index (κ2) is 5.96. The summed E-state index contributed by atoms with van der Waals surface area (Å²) in [5.41, 5.74) is 2.72. The van der Waals surface area contributed by atoms with E-state index < -0.39 is 0 Å². The maximum absolute atomic E-state index is 12.8. The normalized spacial score (nSPS) is 17.9. The van der Waals surface area contributed by atoms with Gasteiger partial charge in [0.25, 0.3) is 5.91 Å². The second-order valence-corrected chi connectivity index (χ2v) is 7.09. The number of hydrogen-bond acceptors (Lipinski definition) is 5. The van der Waals surface area contributed by atoms with Crippen molar-refractivity contribution in [2.75, 3.05) is 11.7 Å². The van der Waals surface area contributed by atoms with E-state index in [1.165, 1.54) is 11.8 Å². The summed E-state index contributed by atoms with van der Waals surface area (Å²) in [6.07, 6.45) is 1.83. The molecule has 2 aromatic carbocycles. The van der Waals surface area contributed by atoms with E-state index in [2.05, 4.69) is 0 Å². The fourth-order valence-electron chi connectivity index (χ4n) is 2.64. The third-order valence-electron chi connectivity index (χ3n) is 3.84. The summed E-state index contributed by atoms with van der Waals surface area (Å²) in [5, 5.41) is 0. The van der Waals surface area contributed by atoms with Crippen LogP contribution in [-0.2, 0) is 4.79 Å². The number of thioether (sulfide) groups is 1. The number of carbonyl (C=O) groups is 1. The molecule has 2 aromatic rings. The summed E-state index contributed by atoms with van der Waals surface area (Å²) >= 11 is 6.72. The molecule has 1 amide bonds. The van der Waals surface area contributed by atoms with E-state index in [-0.39, 0.29) is 12.7 Å². The molecule has 4 rings (SSSR count). The number of hydrogen-bond donors (Lipinski definition) is 0. The van der Waals surface area contributed by atoms with E-state index in [0.29, 0.717) is 15.0 Å². The molecule has 24 heavy (non-hydrogen) atoms. The molecule has 0 unspecified atom stereocenters. The monoisotopic (exact) mass is 355 g/mol. The minimum Gasteiger partial charge on any atom is -0.454 e. The summed E-state index contributed by atoms with van der Waals surface area (Å²) in [4.78, 5) is 15.0. The molecule has 0 radical (unpaired) electrons. The quantitative estimate of drug-likeness (QED) is 0.598. The Morgan fingerprint density at radius 1 is 1.17 bits per heavy atom. The number of fused-ring (bicyclic) bond motifs is 1. The van der Waals surface area contributed by atoms with Crippen LogP contribution in [0.5, 0.6) is 11.5 Å². The van der Waals surface area contributed by atoms with Gasteiger partial charge in [0.05, 0.1) is 10.6 Å². The number of amides is 1. The SMILES string of the molecule is Cc1ccccc1N1C(=O)/C(=C/c2ccc3c(c2)OCO3)SC1=S. The average molecular weight is 355 g/mol. The van der Waals surface area contributed by atoms with Crippen LogP contribution in [0.25, 0.3) is 6.08 Å². The van der Waals surface area contributed by atoms with E-state index in [9.17, 15) is 4.79 Å². The van der Waals surface area contributed by atoms with Gasteiger partial charge in [-0.15, -0.1) is 0 Å². The Labute approximate surface area is 149 Å². The zero-order valence-corrected chi connectivity index (χ0v) is 14.4. The van der Waals surface area contributed by atoms with Crippen molar-refractivity contribution in [3.63, 3.8) is 0 Å². The fraction of sp³-hybridized carbons (Fsp3) is 0.111. The van der Waals surface area contributed by atoms with Crippen molar-refractivity contribution in [3.8, 4) is 11.5 Å². The third kappa shape index (κ3) is 2.57. The van der Waals surface area contributed by atoms with Crippen LogP contribution in [0.1, 0.15) is 11.1 Å². The molecule has 0 N–H and O–H groups in total. The van der Waals surface area contributed by atoms with Gasteiger partial charge in [0.1, 0.15) is 0 Å². The summed E-state index contributed by atoms with van der Waals surface area (Å²) in [7, 11) is 0. The van der Waals surface area contributed by atoms with Gasteiger partial charge >= 0.3 is 0 Å². The molecule has 0 spiro atoms. The number of thiocarbonyl (C=S) groups is 1. The average Bonchev–Trinajstić information content (AvgIpc) is 3.13. The zero-order valence-electron chi connectivity index (χ0n) is 12.8. The van der Waals surface area contributed by atoms with Gasteiger partial charge in [-0.2, -0.15) is 0 Å². The topological polar surface area (TPSA) is 38.8 Å². The maximum atomic E-state index is 12.8. The highest BCUT2D eigenvalue weighted by atomic mass is 32.2. The zero-order chi connectivity index (χ0) is 16.7. The molecule has 0 bridgehead atoms. The van der Waals surface area contributed by atoms with E-state index in [1.54, 1.807) is 4.90 Å². The Hall–Kier alpha value is -2.31. The smallest absolute Gasteiger partial charge is 0.270 e. The highest BCUT2D eigenvalue weighted by molar-refractivity contribution is 8.27. The lowest BCUT2D eigenvalue weighted by atomic mass is 10.1. The van der Waals surface area contributed by atoms with Gasteiger partial charge in [-0.1, -0.05) is 48.2 Å². The highest BCUT2D eigenvalue weighted by Crippen LogP contribution is 2.38. The van der Waals surface area contributed by atoms with Crippen molar-refractivity contribution in [3.05, 3.63) is 58.5 Å². The molecule has 2 aliphatic rings. The first-order valence-electron chi connectivity index (χ1n) is 7.37. The molecule has 0 aliphatic carbocycles. The van der Waals surface area contributed by atoms with Gasteiger partial charge in [-0.3, -0.25) is 9.69 Å². The number of benzene rings is 2. The molecule has 4 nitrogen and oxygen atoms in total. The minimum absolute atomic E-state index is 0.100. The Kier molecular flexibility index (Phi) is 3.78. The van der Waals surface area contributed by atoms with E-state index >= 15 is 0 Å². The van der Waals surface area contributed by atoms with E-state index in [4.69, 9.17) is 21.7 Å². The van der Waals surface area contributed by atoms with Crippen LogP contribution in [0.3, 0.4) is 0 Å². The van der Waals surface area contributed by atoms with Crippen molar-refractivity contribution >= 4 is 46.0 Å². The highest BCUT2D eigenvalue weighted by Gasteiger charge is 2.34. The van der Waals surface area contributed by atoms with Gasteiger partial charge < -0.3 is 9.47 Å². The fourth-order valence-corrected chi connectivity index (χ4v) is 3.93. The Morgan fingerprint density at radius 2 is 1.96 bits per heavy atom. The molecular weight excluding hydrogens is 342 g/mol. The summed E-state index contributed by atoms with van der Waals surface area (Å²) in [6.45, 7) is 2.20. The van der Waals surface area contributed by atoms with Gasteiger partial charge in [-0.05, 0) is 42.3 Å². The first-order valence-corrected chi connectivity index (χ1v) is 8.59. The molecule has 120 valence electrons. The van der Waals surface area contributed by atoms with Crippen molar-refractivity contribution in [2.45, 2.75) is 6.92 Å². The van der Waals surface area contributed by atoms with Crippen LogP contribution in [0.15, 0.2) is 47.4 Å². The van der Waals surface area contributed by atoms with Crippen LogP contribution in [0, 0.1) is 6.92 Å². The minimum atomic E-state index is -0.100. The number of anilines is 1. The molecule has 0 aromatic heterocycles. The van der Waals surface area contributed by atoms with Crippen molar-refractivity contribution in [2.24, 2.45) is 0 Å². The molecule has 0 saturated carbocycles. The summed E-state index contributed by atoms with van der Waals surface area (Å²) < 4.78 is 11.2. The van der Waals surface area contributed by atoms with Gasteiger partial charge in [0.15, 0.2) is 15.8 Å². The Bertz CT molecular complexity index is 892. The number of nitrogens with zero attached hydrogens (tertiary/aromatic N) is 1. The number of rotatable bonds is 2. The molecule has 0 atom stereocenters. The summed E-state index contributed by atoms with van der Waals surface area (Å²) in [6, 6.07) is 13.3. The molecular formula is C18H13NO3S2. The van der Waals surface area contributed by atoms with Crippen LogP contribution in [-0.4, -0.2) is 17.0 Å². The van der Waals surface area contributed by atoms with Crippen LogP contribution in [0.4, 0.5) is 5.69 Å². The molecule has 1 saturated heterocycles. The van der Waals surface area contributed by atoms with Crippen LogP contribution < -0.4 is 14.4 Å². The Morgan fingerprint density at radius 3 is 2.79 bits per heavy atom. The standard InChI is InChI=1S/C18H13NO3S2/c1-11-4-2-3-5-13(11)19-17(20)16(24-18(19)23)9-12-6-7-14-15(8-12)22-10-21-14/h2-9H,10H2,1H3/b16-9-. The lowest BCUT2D eigenvalue weighted by Crippen LogP contribution is -2.28. The third-order valence-corrected chi connectivity index (χ3v) is 5.15. The van der Waals surface area contributed by atoms with Gasteiger partial charge in [-0.25, -0.2) is 0 Å². The number of carbonyl (C=O) groups excluding carboxylic acids is 1. The second-order valence-electron chi connectivity index (χ2n) is 5.42. The lowest BCUT2D eigenvalue weighted by molar-refractivity contribution is -0.113. The predicted octanol–water partition coefficient (Wildman–Crippen LogP) is 4.13. The molecule has 2 aliphatic heterocycles. The van der Waals surface area contributed by atoms with Crippen LogP contribution in [0.2, 0.25) is 0 Å². The molecule has 6 heteroatoms. The van der Waals surface area contributed by atoms with Crippen molar-refractivity contribution in [1.29, 1.82) is 0 Å². The summed E-state index contributed by atoms with van der Waals surface area (Å²) in [5.74, 6) is 1.31. The number of aryl methyl sites for hydroxylation is 1. The van der Waals surface area contributed by atoms with E-state index in [0.717, 1.165) is 22.6 Å². The number of para-hydroxylation sites is 1. The Balaban J connectivity index is 1.67. The van der Waals surface area contributed by atoms with Crippen molar-refractivity contribution in [1.82, 2.24) is 0 Å². The largest absolute Gasteiger partial charge is 0.454 e. The van der Waals surface area contributed by atoms with Crippen molar-refractivity contribution < 1.29 is 14.3 Å².